The second-order valence-corrected chi connectivity index (χ2v) is 3.92. The van der Waals surface area contributed by atoms with Gasteiger partial charge in [-0.1, -0.05) is 12.1 Å². The number of nitrogens with one attached hydrogen (secondary N) is 1. The molecule has 0 radical (unpaired) electrons. The fourth-order valence-corrected chi connectivity index (χ4v) is 1.75. The smallest absolute Gasteiger partial charge is 0.222 e. The van der Waals surface area contributed by atoms with Crippen LogP contribution in [0, 0.1) is 0 Å². The van der Waals surface area contributed by atoms with Crippen molar-refractivity contribution in [2.45, 2.75) is 13.3 Å². The molecule has 0 saturated heterocycles. The van der Waals surface area contributed by atoms with E-state index in [1.165, 1.54) is 0 Å². The molecule has 0 saturated carbocycles. The van der Waals surface area contributed by atoms with Crippen LogP contribution in [0.5, 0.6) is 0 Å². The summed E-state index contributed by atoms with van der Waals surface area (Å²) in [4.78, 5) is 8.43. The van der Waals surface area contributed by atoms with E-state index in [2.05, 4.69) is 15.3 Å². The molecule has 5 heteroatoms. The molecule has 1 heterocycles. The van der Waals surface area contributed by atoms with Crippen LogP contribution >= 0.6 is 0 Å². The maximum atomic E-state index is 5.69. The van der Waals surface area contributed by atoms with Gasteiger partial charge in [-0.25, -0.2) is 4.98 Å². The molecule has 96 valence electrons. The van der Waals surface area contributed by atoms with Crippen molar-refractivity contribution in [2.75, 3.05) is 30.8 Å². The first-order valence-electron chi connectivity index (χ1n) is 6.15. The van der Waals surface area contributed by atoms with Gasteiger partial charge in [0.25, 0.3) is 0 Å². The lowest BCUT2D eigenvalue weighted by atomic mass is 10.2. The summed E-state index contributed by atoms with van der Waals surface area (Å²) in [6.45, 7) is 4.30. The zero-order chi connectivity index (χ0) is 12.8. The standard InChI is InChI=1S/C13H18N4O/c1-2-18-9-5-8-15-12-10-6-3-4-7-11(10)16-13(14)17-12/h3-4,6-7H,2,5,8-9H2,1H3,(H3,14,15,16,17). The second-order valence-electron chi connectivity index (χ2n) is 3.92. The lowest BCUT2D eigenvalue weighted by Crippen LogP contribution is -2.09. The third-order valence-electron chi connectivity index (χ3n) is 2.58. The minimum absolute atomic E-state index is 0.293. The van der Waals surface area contributed by atoms with Gasteiger partial charge in [0.15, 0.2) is 0 Å². The van der Waals surface area contributed by atoms with E-state index in [-0.39, 0.29) is 0 Å². The predicted octanol–water partition coefficient (Wildman–Crippen LogP) is 2.05. The van der Waals surface area contributed by atoms with E-state index < -0.39 is 0 Å². The molecule has 2 aromatic rings. The first-order valence-corrected chi connectivity index (χ1v) is 6.15. The number of ether oxygens (including phenoxy) is 1. The summed E-state index contributed by atoms with van der Waals surface area (Å²) < 4.78 is 5.29. The van der Waals surface area contributed by atoms with E-state index in [0.717, 1.165) is 42.9 Å². The van der Waals surface area contributed by atoms with Crippen LogP contribution in [-0.4, -0.2) is 29.7 Å². The van der Waals surface area contributed by atoms with Crippen LogP contribution in [0.1, 0.15) is 13.3 Å². The number of anilines is 2. The molecule has 5 nitrogen and oxygen atoms in total. The molecule has 0 bridgehead atoms. The van der Waals surface area contributed by atoms with Crippen molar-refractivity contribution >= 4 is 22.7 Å². The van der Waals surface area contributed by atoms with E-state index >= 15 is 0 Å². The third-order valence-corrected chi connectivity index (χ3v) is 2.58. The van der Waals surface area contributed by atoms with Crippen molar-refractivity contribution in [2.24, 2.45) is 0 Å². The van der Waals surface area contributed by atoms with Crippen molar-refractivity contribution in [3.63, 3.8) is 0 Å². The summed E-state index contributed by atoms with van der Waals surface area (Å²) in [5.74, 6) is 1.08. The highest BCUT2D eigenvalue weighted by atomic mass is 16.5. The van der Waals surface area contributed by atoms with Gasteiger partial charge in [0, 0.05) is 25.1 Å². The fourth-order valence-electron chi connectivity index (χ4n) is 1.75. The van der Waals surface area contributed by atoms with E-state index in [1.54, 1.807) is 0 Å². The molecular weight excluding hydrogens is 228 g/mol. The maximum absolute atomic E-state index is 5.69. The maximum Gasteiger partial charge on any atom is 0.222 e. The zero-order valence-corrected chi connectivity index (χ0v) is 10.5. The Labute approximate surface area is 106 Å². The molecular formula is C13H18N4O. The molecule has 0 aliphatic carbocycles. The first kappa shape index (κ1) is 12.6. The molecule has 1 aromatic heterocycles. The van der Waals surface area contributed by atoms with Gasteiger partial charge in [-0.15, -0.1) is 0 Å². The van der Waals surface area contributed by atoms with E-state index in [0.29, 0.717) is 5.95 Å². The molecule has 0 unspecified atom stereocenters. The summed E-state index contributed by atoms with van der Waals surface area (Å²) in [6, 6.07) is 7.82. The van der Waals surface area contributed by atoms with Gasteiger partial charge in [0.2, 0.25) is 5.95 Å². The largest absolute Gasteiger partial charge is 0.382 e. The normalized spacial score (nSPS) is 10.7. The summed E-state index contributed by atoms with van der Waals surface area (Å²) >= 11 is 0. The molecule has 0 spiro atoms. The highest BCUT2D eigenvalue weighted by Crippen LogP contribution is 2.20. The minimum atomic E-state index is 0.293. The van der Waals surface area contributed by atoms with Crippen LogP contribution in [-0.2, 0) is 4.74 Å². The number of benzene rings is 1. The van der Waals surface area contributed by atoms with E-state index in [1.807, 2.05) is 31.2 Å². The fraction of sp³-hybridized carbons (Fsp3) is 0.385. The Morgan fingerprint density at radius 3 is 2.94 bits per heavy atom. The van der Waals surface area contributed by atoms with Crippen LogP contribution < -0.4 is 11.1 Å². The summed E-state index contributed by atoms with van der Waals surface area (Å²) in [5, 5.41) is 4.27. The Kier molecular flexibility index (Phi) is 4.30. The number of para-hydroxylation sites is 1. The van der Waals surface area contributed by atoms with Crippen LogP contribution in [0.2, 0.25) is 0 Å². The van der Waals surface area contributed by atoms with Crippen LogP contribution in [0.4, 0.5) is 11.8 Å². The Morgan fingerprint density at radius 1 is 1.28 bits per heavy atom. The molecule has 0 amide bonds. The number of hydrogen-bond acceptors (Lipinski definition) is 5. The molecule has 0 aliphatic heterocycles. The molecule has 1 aromatic carbocycles. The third kappa shape index (κ3) is 3.07. The molecule has 2 rings (SSSR count). The lowest BCUT2D eigenvalue weighted by Gasteiger charge is -2.09. The van der Waals surface area contributed by atoms with Crippen LogP contribution in [0.3, 0.4) is 0 Å². The second kappa shape index (κ2) is 6.16. The molecule has 0 aliphatic rings. The summed E-state index contributed by atoms with van der Waals surface area (Å²) in [6.07, 6.45) is 0.937. The minimum Gasteiger partial charge on any atom is -0.382 e. The van der Waals surface area contributed by atoms with Crippen molar-refractivity contribution in [1.29, 1.82) is 0 Å². The van der Waals surface area contributed by atoms with Gasteiger partial charge in [-0.2, -0.15) is 4.98 Å². The zero-order valence-electron chi connectivity index (χ0n) is 10.5. The number of fused-ring (bicyclic) bond motifs is 1. The molecule has 18 heavy (non-hydrogen) atoms. The highest BCUT2D eigenvalue weighted by Gasteiger charge is 2.04. The highest BCUT2D eigenvalue weighted by molar-refractivity contribution is 5.89. The van der Waals surface area contributed by atoms with Crippen molar-refractivity contribution in [1.82, 2.24) is 9.97 Å². The van der Waals surface area contributed by atoms with Gasteiger partial charge in [0.05, 0.1) is 5.52 Å². The summed E-state index contributed by atoms with van der Waals surface area (Å²) in [7, 11) is 0. The Morgan fingerprint density at radius 2 is 2.11 bits per heavy atom. The first-order chi connectivity index (χ1) is 8.81. The van der Waals surface area contributed by atoms with E-state index in [4.69, 9.17) is 10.5 Å². The van der Waals surface area contributed by atoms with Crippen LogP contribution in [0.15, 0.2) is 24.3 Å². The average Bonchev–Trinajstić information content (AvgIpc) is 2.38. The van der Waals surface area contributed by atoms with Gasteiger partial charge in [-0.05, 0) is 25.5 Å². The van der Waals surface area contributed by atoms with Crippen molar-refractivity contribution < 1.29 is 4.74 Å². The lowest BCUT2D eigenvalue weighted by molar-refractivity contribution is 0.147. The SMILES string of the molecule is CCOCCCNc1nc(N)nc2ccccc12. The Bertz CT molecular complexity index is 515. The summed E-state index contributed by atoms with van der Waals surface area (Å²) in [5.41, 5.74) is 6.55. The number of hydrogen-bond donors (Lipinski definition) is 2. The van der Waals surface area contributed by atoms with Gasteiger partial charge in [0.1, 0.15) is 5.82 Å². The number of nitrogens with zero attached hydrogens (tertiary/aromatic N) is 2. The van der Waals surface area contributed by atoms with Crippen molar-refractivity contribution in [3.05, 3.63) is 24.3 Å². The van der Waals surface area contributed by atoms with Crippen molar-refractivity contribution in [3.8, 4) is 0 Å². The number of nitrogen functional groups attached to an aromatic ring is 1. The predicted molar refractivity (Wildman–Crippen MR) is 73.6 cm³/mol. The van der Waals surface area contributed by atoms with E-state index in [9.17, 15) is 0 Å². The number of rotatable bonds is 6. The topological polar surface area (TPSA) is 73.1 Å². The molecule has 3 N–H and O–H groups in total. The van der Waals surface area contributed by atoms with Gasteiger partial charge < -0.3 is 15.8 Å². The Balaban J connectivity index is 2.07. The monoisotopic (exact) mass is 246 g/mol. The molecule has 0 atom stereocenters. The average molecular weight is 246 g/mol. The van der Waals surface area contributed by atoms with Gasteiger partial charge >= 0.3 is 0 Å². The van der Waals surface area contributed by atoms with Crippen LogP contribution in [0.25, 0.3) is 10.9 Å². The number of aromatic nitrogens is 2. The quantitative estimate of drug-likeness (QED) is 0.763. The molecule has 0 fully saturated rings. The van der Waals surface area contributed by atoms with Gasteiger partial charge in [-0.3, -0.25) is 0 Å². The Hall–Kier alpha value is -1.88. The number of nitrogens with two attached hydrogens (primary N) is 1.